The van der Waals surface area contributed by atoms with Crippen molar-refractivity contribution in [1.29, 1.82) is 0 Å². The number of phenolic OH excluding ortho intramolecular Hbond substituents is 1. The fourth-order valence-corrected chi connectivity index (χ4v) is 2.10. The summed E-state index contributed by atoms with van der Waals surface area (Å²) in [5.74, 6) is 0.965. The lowest BCUT2D eigenvalue weighted by molar-refractivity contribution is 0.0600. The molecule has 1 aromatic heterocycles. The van der Waals surface area contributed by atoms with Crippen molar-refractivity contribution in [3.63, 3.8) is 0 Å². The first-order valence-corrected chi connectivity index (χ1v) is 7.06. The standard InChI is InChI=1S/C17H14N2O5/c1-10-18-19-16(23-10)14-7-6-13(9-15(14)20)24-12-5-3-4-11(8-12)17(21)22-2/h3-9,20H,1-2H3. The lowest BCUT2D eigenvalue weighted by Gasteiger charge is -2.08. The summed E-state index contributed by atoms with van der Waals surface area (Å²) in [4.78, 5) is 11.5. The normalized spacial score (nSPS) is 10.4. The van der Waals surface area contributed by atoms with Crippen LogP contribution in [0, 0.1) is 6.92 Å². The van der Waals surface area contributed by atoms with Crippen LogP contribution in [0.1, 0.15) is 16.2 Å². The lowest BCUT2D eigenvalue weighted by Crippen LogP contribution is -2.00. The maximum Gasteiger partial charge on any atom is 0.337 e. The minimum atomic E-state index is -0.453. The van der Waals surface area contributed by atoms with E-state index >= 15 is 0 Å². The topological polar surface area (TPSA) is 94.7 Å². The van der Waals surface area contributed by atoms with Gasteiger partial charge in [0.1, 0.15) is 17.2 Å². The number of rotatable bonds is 4. The minimum absolute atomic E-state index is 0.0553. The number of nitrogens with zero attached hydrogens (tertiary/aromatic N) is 2. The Morgan fingerprint density at radius 1 is 1.12 bits per heavy atom. The van der Waals surface area contributed by atoms with Gasteiger partial charge in [-0.05, 0) is 30.3 Å². The third-order valence-electron chi connectivity index (χ3n) is 3.22. The highest BCUT2D eigenvalue weighted by molar-refractivity contribution is 5.89. The molecule has 0 bridgehead atoms. The molecule has 0 atom stereocenters. The van der Waals surface area contributed by atoms with E-state index in [4.69, 9.17) is 9.15 Å². The van der Waals surface area contributed by atoms with Gasteiger partial charge in [0, 0.05) is 13.0 Å². The monoisotopic (exact) mass is 326 g/mol. The Labute approximate surface area is 137 Å². The molecule has 1 N–H and O–H groups in total. The first-order chi connectivity index (χ1) is 11.6. The van der Waals surface area contributed by atoms with E-state index in [1.54, 1.807) is 43.3 Å². The molecule has 0 saturated carbocycles. The maximum atomic E-state index is 11.5. The van der Waals surface area contributed by atoms with Crippen molar-refractivity contribution in [2.75, 3.05) is 7.11 Å². The molecule has 2 aromatic carbocycles. The first kappa shape index (κ1) is 15.5. The predicted octanol–water partition coefficient (Wildman–Crippen LogP) is 3.33. The van der Waals surface area contributed by atoms with E-state index < -0.39 is 5.97 Å². The van der Waals surface area contributed by atoms with Gasteiger partial charge in [-0.3, -0.25) is 0 Å². The van der Waals surface area contributed by atoms with Gasteiger partial charge in [0.15, 0.2) is 0 Å². The SMILES string of the molecule is COC(=O)c1cccc(Oc2ccc(-c3nnc(C)o3)c(O)c2)c1. The number of carbonyl (C=O) groups is 1. The quantitative estimate of drug-likeness (QED) is 0.735. The van der Waals surface area contributed by atoms with Crippen LogP contribution in [0.3, 0.4) is 0 Å². The average molecular weight is 326 g/mol. The number of ether oxygens (including phenoxy) is 2. The van der Waals surface area contributed by atoms with Crippen molar-refractivity contribution in [3.8, 4) is 28.7 Å². The number of hydrogen-bond acceptors (Lipinski definition) is 7. The van der Waals surface area contributed by atoms with Gasteiger partial charge in [-0.25, -0.2) is 4.79 Å². The molecule has 7 nitrogen and oxygen atoms in total. The number of hydrogen-bond donors (Lipinski definition) is 1. The van der Waals surface area contributed by atoms with Gasteiger partial charge in [-0.15, -0.1) is 10.2 Å². The van der Waals surface area contributed by atoms with Crippen LogP contribution in [0.5, 0.6) is 17.2 Å². The van der Waals surface area contributed by atoms with Crippen LogP contribution in [0.25, 0.3) is 11.5 Å². The number of carbonyl (C=O) groups excluding carboxylic acids is 1. The minimum Gasteiger partial charge on any atom is -0.507 e. The Bertz CT molecular complexity index is 888. The molecule has 0 saturated heterocycles. The largest absolute Gasteiger partial charge is 0.507 e. The molecular weight excluding hydrogens is 312 g/mol. The van der Waals surface area contributed by atoms with E-state index in [1.165, 1.54) is 13.2 Å². The summed E-state index contributed by atoms with van der Waals surface area (Å²) < 4.78 is 15.6. The van der Waals surface area contributed by atoms with Crippen LogP contribution in [-0.2, 0) is 4.74 Å². The lowest BCUT2D eigenvalue weighted by atomic mass is 10.2. The zero-order valence-corrected chi connectivity index (χ0v) is 13.0. The highest BCUT2D eigenvalue weighted by Crippen LogP contribution is 2.33. The summed E-state index contributed by atoms with van der Waals surface area (Å²) >= 11 is 0. The van der Waals surface area contributed by atoms with E-state index in [1.807, 2.05) is 0 Å². The van der Waals surface area contributed by atoms with E-state index in [0.717, 1.165) is 0 Å². The van der Waals surface area contributed by atoms with E-state index in [0.29, 0.717) is 28.5 Å². The molecule has 0 radical (unpaired) electrons. The Balaban J connectivity index is 1.84. The van der Waals surface area contributed by atoms with Crippen molar-refractivity contribution in [2.45, 2.75) is 6.92 Å². The van der Waals surface area contributed by atoms with E-state index in [9.17, 15) is 9.90 Å². The maximum absolute atomic E-state index is 11.5. The van der Waals surface area contributed by atoms with Gasteiger partial charge in [-0.2, -0.15) is 0 Å². The molecule has 0 unspecified atom stereocenters. The van der Waals surface area contributed by atoms with Crippen molar-refractivity contribution in [2.24, 2.45) is 0 Å². The molecule has 7 heteroatoms. The number of methoxy groups -OCH3 is 1. The highest BCUT2D eigenvalue weighted by atomic mass is 16.5. The average Bonchev–Trinajstić information content (AvgIpc) is 3.00. The fraction of sp³-hybridized carbons (Fsp3) is 0.118. The van der Waals surface area contributed by atoms with E-state index in [-0.39, 0.29) is 11.6 Å². The van der Waals surface area contributed by atoms with Crippen LogP contribution in [0.2, 0.25) is 0 Å². The fourth-order valence-electron chi connectivity index (χ4n) is 2.10. The van der Waals surface area contributed by atoms with Gasteiger partial charge in [-0.1, -0.05) is 6.07 Å². The summed E-state index contributed by atoms with van der Waals surface area (Å²) in [6, 6.07) is 11.2. The summed E-state index contributed by atoms with van der Waals surface area (Å²) in [5, 5.41) is 17.7. The number of aryl methyl sites for hydroxylation is 1. The molecular formula is C17H14N2O5. The van der Waals surface area contributed by atoms with Gasteiger partial charge >= 0.3 is 5.97 Å². The second-order valence-electron chi connectivity index (χ2n) is 4.93. The summed E-state index contributed by atoms with van der Waals surface area (Å²) in [5.41, 5.74) is 0.781. The highest BCUT2D eigenvalue weighted by Gasteiger charge is 2.13. The van der Waals surface area contributed by atoms with Crippen LogP contribution in [0.4, 0.5) is 0 Å². The van der Waals surface area contributed by atoms with Gasteiger partial charge in [0.2, 0.25) is 5.89 Å². The zero-order chi connectivity index (χ0) is 17.1. The summed E-state index contributed by atoms with van der Waals surface area (Å²) in [7, 11) is 1.31. The molecule has 0 aliphatic carbocycles. The molecule has 0 amide bonds. The Kier molecular flexibility index (Phi) is 4.15. The van der Waals surface area contributed by atoms with Crippen molar-refractivity contribution >= 4 is 5.97 Å². The third-order valence-corrected chi connectivity index (χ3v) is 3.22. The Hall–Kier alpha value is -3.35. The third kappa shape index (κ3) is 3.19. The van der Waals surface area contributed by atoms with Gasteiger partial charge in [0.05, 0.1) is 18.2 Å². The number of esters is 1. The smallest absolute Gasteiger partial charge is 0.337 e. The Morgan fingerprint density at radius 2 is 1.92 bits per heavy atom. The molecule has 0 spiro atoms. The summed E-state index contributed by atoms with van der Waals surface area (Å²) in [6.45, 7) is 1.67. The summed E-state index contributed by atoms with van der Waals surface area (Å²) in [6.07, 6.45) is 0. The Morgan fingerprint density at radius 3 is 2.58 bits per heavy atom. The molecule has 24 heavy (non-hydrogen) atoms. The zero-order valence-electron chi connectivity index (χ0n) is 13.0. The number of phenols is 1. The molecule has 0 fully saturated rings. The second-order valence-corrected chi connectivity index (χ2v) is 4.93. The molecule has 0 aliphatic heterocycles. The number of aromatic nitrogens is 2. The molecule has 3 aromatic rings. The molecule has 1 heterocycles. The first-order valence-electron chi connectivity index (χ1n) is 7.06. The molecule has 122 valence electrons. The van der Waals surface area contributed by atoms with Crippen LogP contribution >= 0.6 is 0 Å². The van der Waals surface area contributed by atoms with Crippen LogP contribution in [-0.4, -0.2) is 28.4 Å². The van der Waals surface area contributed by atoms with Crippen molar-refractivity contribution < 1.29 is 23.8 Å². The predicted molar refractivity (Wildman–Crippen MR) is 84.0 cm³/mol. The van der Waals surface area contributed by atoms with Crippen molar-refractivity contribution in [1.82, 2.24) is 10.2 Å². The second kappa shape index (κ2) is 6.41. The number of benzene rings is 2. The number of aromatic hydroxyl groups is 1. The van der Waals surface area contributed by atoms with Gasteiger partial charge < -0.3 is 19.0 Å². The van der Waals surface area contributed by atoms with Crippen LogP contribution in [0.15, 0.2) is 46.9 Å². The van der Waals surface area contributed by atoms with Gasteiger partial charge in [0.25, 0.3) is 5.89 Å². The van der Waals surface area contributed by atoms with Crippen molar-refractivity contribution in [3.05, 3.63) is 53.9 Å². The molecule has 0 aliphatic rings. The molecule has 3 rings (SSSR count). The van der Waals surface area contributed by atoms with E-state index in [2.05, 4.69) is 14.9 Å². The van der Waals surface area contributed by atoms with Crippen LogP contribution < -0.4 is 4.74 Å².